The standard InChI is InChI=1S/C22H28N4O3/c1-24-12-14-25(15-13-24)19-6-4-18(5-7-19)23-21(27)17-8-10-26(11-9-17)22(28)20-3-2-16-29-20/h2-7,16-17H,8-15H2,1H3,(H,23,27). The Morgan fingerprint density at radius 3 is 2.28 bits per heavy atom. The van der Waals surface area contributed by atoms with E-state index in [2.05, 4.69) is 34.3 Å². The minimum atomic E-state index is -0.103. The molecule has 2 fully saturated rings. The summed E-state index contributed by atoms with van der Waals surface area (Å²) in [5.41, 5.74) is 2.02. The van der Waals surface area contributed by atoms with E-state index in [1.165, 1.54) is 12.0 Å². The van der Waals surface area contributed by atoms with E-state index in [1.54, 1.807) is 17.0 Å². The highest BCUT2D eigenvalue weighted by Crippen LogP contribution is 2.23. The van der Waals surface area contributed by atoms with Gasteiger partial charge in [0.25, 0.3) is 5.91 Å². The zero-order valence-electron chi connectivity index (χ0n) is 16.8. The van der Waals surface area contributed by atoms with Gasteiger partial charge in [0.05, 0.1) is 6.26 Å². The van der Waals surface area contributed by atoms with Crippen LogP contribution in [0.15, 0.2) is 47.1 Å². The van der Waals surface area contributed by atoms with Gasteiger partial charge in [-0.2, -0.15) is 0 Å². The van der Waals surface area contributed by atoms with Crippen molar-refractivity contribution >= 4 is 23.2 Å². The molecular weight excluding hydrogens is 368 g/mol. The molecule has 0 unspecified atom stereocenters. The quantitative estimate of drug-likeness (QED) is 0.860. The molecule has 2 aliphatic heterocycles. The molecule has 29 heavy (non-hydrogen) atoms. The minimum absolute atomic E-state index is 0.0300. The summed E-state index contributed by atoms with van der Waals surface area (Å²) >= 11 is 0. The van der Waals surface area contributed by atoms with E-state index >= 15 is 0 Å². The van der Waals surface area contributed by atoms with Gasteiger partial charge in [0.1, 0.15) is 0 Å². The zero-order chi connectivity index (χ0) is 20.2. The van der Waals surface area contributed by atoms with Gasteiger partial charge in [0, 0.05) is 56.6 Å². The minimum Gasteiger partial charge on any atom is -0.459 e. The number of nitrogens with zero attached hydrogens (tertiary/aromatic N) is 3. The van der Waals surface area contributed by atoms with Crippen LogP contribution in [0.2, 0.25) is 0 Å². The first-order chi connectivity index (χ1) is 14.1. The summed E-state index contributed by atoms with van der Waals surface area (Å²) in [7, 11) is 2.15. The lowest BCUT2D eigenvalue weighted by atomic mass is 9.95. The maximum absolute atomic E-state index is 12.6. The Hall–Kier alpha value is -2.80. The third-order valence-corrected chi connectivity index (χ3v) is 5.89. The van der Waals surface area contributed by atoms with E-state index in [0.717, 1.165) is 31.9 Å². The van der Waals surface area contributed by atoms with Crippen LogP contribution < -0.4 is 10.2 Å². The lowest BCUT2D eigenvalue weighted by Gasteiger charge is -2.34. The molecule has 1 aromatic carbocycles. The maximum Gasteiger partial charge on any atom is 0.289 e. The molecule has 4 rings (SSSR count). The highest BCUT2D eigenvalue weighted by Gasteiger charge is 2.28. The van der Waals surface area contributed by atoms with Crippen molar-refractivity contribution in [2.24, 2.45) is 5.92 Å². The molecule has 0 aliphatic carbocycles. The number of carbonyl (C=O) groups excluding carboxylic acids is 2. The third-order valence-electron chi connectivity index (χ3n) is 5.89. The molecule has 2 amide bonds. The van der Waals surface area contributed by atoms with E-state index in [0.29, 0.717) is 31.7 Å². The van der Waals surface area contributed by atoms with Gasteiger partial charge in [0.15, 0.2) is 5.76 Å². The molecule has 2 aliphatic rings. The predicted octanol–water partition coefficient (Wildman–Crippen LogP) is 2.52. The second kappa shape index (κ2) is 8.69. The Morgan fingerprint density at radius 1 is 0.966 bits per heavy atom. The Labute approximate surface area is 171 Å². The molecule has 1 N–H and O–H groups in total. The number of carbonyl (C=O) groups is 2. The number of piperidine rings is 1. The highest BCUT2D eigenvalue weighted by molar-refractivity contribution is 5.94. The average Bonchev–Trinajstić information content (AvgIpc) is 3.29. The summed E-state index contributed by atoms with van der Waals surface area (Å²) < 4.78 is 5.18. The Bertz CT molecular complexity index is 818. The number of anilines is 2. The Kier molecular flexibility index (Phi) is 5.85. The van der Waals surface area contributed by atoms with Crippen LogP contribution in [0.5, 0.6) is 0 Å². The summed E-state index contributed by atoms with van der Waals surface area (Å²) in [5, 5.41) is 3.03. The summed E-state index contributed by atoms with van der Waals surface area (Å²) in [4.78, 5) is 31.4. The number of rotatable bonds is 4. The number of amides is 2. The first-order valence-corrected chi connectivity index (χ1v) is 10.3. The van der Waals surface area contributed by atoms with Crippen LogP contribution in [0.3, 0.4) is 0 Å². The van der Waals surface area contributed by atoms with Crippen LogP contribution in [0.4, 0.5) is 11.4 Å². The van der Waals surface area contributed by atoms with Crippen LogP contribution in [0.25, 0.3) is 0 Å². The van der Waals surface area contributed by atoms with Crippen molar-refractivity contribution in [1.29, 1.82) is 0 Å². The van der Waals surface area contributed by atoms with Gasteiger partial charge < -0.3 is 24.4 Å². The fourth-order valence-corrected chi connectivity index (χ4v) is 3.97. The molecule has 2 saturated heterocycles. The lowest BCUT2D eigenvalue weighted by Crippen LogP contribution is -2.44. The number of hydrogen-bond acceptors (Lipinski definition) is 5. The van der Waals surface area contributed by atoms with E-state index in [9.17, 15) is 9.59 Å². The van der Waals surface area contributed by atoms with Gasteiger partial charge in [-0.25, -0.2) is 0 Å². The molecule has 7 nitrogen and oxygen atoms in total. The van der Waals surface area contributed by atoms with E-state index in [4.69, 9.17) is 4.42 Å². The number of piperazine rings is 1. The maximum atomic E-state index is 12.6. The number of benzene rings is 1. The van der Waals surface area contributed by atoms with Gasteiger partial charge in [-0.3, -0.25) is 9.59 Å². The van der Waals surface area contributed by atoms with Gasteiger partial charge >= 0.3 is 0 Å². The lowest BCUT2D eigenvalue weighted by molar-refractivity contribution is -0.121. The van der Waals surface area contributed by atoms with Crippen LogP contribution in [-0.2, 0) is 4.79 Å². The predicted molar refractivity (Wildman–Crippen MR) is 112 cm³/mol. The van der Waals surface area contributed by atoms with Crippen molar-refractivity contribution in [3.05, 3.63) is 48.4 Å². The third kappa shape index (κ3) is 4.62. The molecule has 154 valence electrons. The first kappa shape index (κ1) is 19.5. The Balaban J connectivity index is 1.27. The molecule has 0 radical (unpaired) electrons. The summed E-state index contributed by atoms with van der Waals surface area (Å²) in [5.74, 6) is 0.206. The number of nitrogens with one attached hydrogen (secondary N) is 1. The van der Waals surface area contributed by atoms with Crippen molar-refractivity contribution in [3.63, 3.8) is 0 Å². The molecule has 1 aromatic heterocycles. The molecule has 2 aromatic rings. The molecule has 7 heteroatoms. The van der Waals surface area contributed by atoms with Crippen molar-refractivity contribution in [1.82, 2.24) is 9.80 Å². The molecule has 0 saturated carbocycles. The van der Waals surface area contributed by atoms with Gasteiger partial charge in [-0.1, -0.05) is 0 Å². The van der Waals surface area contributed by atoms with Gasteiger partial charge in [-0.05, 0) is 56.3 Å². The molecule has 0 spiro atoms. The van der Waals surface area contributed by atoms with Crippen molar-refractivity contribution in [2.45, 2.75) is 12.8 Å². The zero-order valence-corrected chi connectivity index (χ0v) is 16.8. The van der Waals surface area contributed by atoms with E-state index in [-0.39, 0.29) is 17.7 Å². The largest absolute Gasteiger partial charge is 0.459 e. The highest BCUT2D eigenvalue weighted by atomic mass is 16.3. The van der Waals surface area contributed by atoms with E-state index < -0.39 is 0 Å². The number of hydrogen-bond donors (Lipinski definition) is 1. The average molecular weight is 396 g/mol. The van der Waals surface area contributed by atoms with Crippen LogP contribution >= 0.6 is 0 Å². The molecule has 0 bridgehead atoms. The van der Waals surface area contributed by atoms with Crippen LogP contribution in [0.1, 0.15) is 23.4 Å². The normalized spacial score (nSPS) is 18.7. The number of furan rings is 1. The van der Waals surface area contributed by atoms with Gasteiger partial charge in [-0.15, -0.1) is 0 Å². The summed E-state index contributed by atoms with van der Waals surface area (Å²) in [6.07, 6.45) is 2.83. The molecule has 3 heterocycles. The summed E-state index contributed by atoms with van der Waals surface area (Å²) in [6, 6.07) is 11.5. The van der Waals surface area contributed by atoms with E-state index in [1.807, 2.05) is 12.1 Å². The Morgan fingerprint density at radius 2 is 1.66 bits per heavy atom. The number of likely N-dealkylation sites (tertiary alicyclic amines) is 1. The first-order valence-electron chi connectivity index (χ1n) is 10.3. The fraction of sp³-hybridized carbons (Fsp3) is 0.455. The second-order valence-electron chi connectivity index (χ2n) is 7.87. The van der Waals surface area contributed by atoms with Crippen molar-refractivity contribution < 1.29 is 14.0 Å². The van der Waals surface area contributed by atoms with Crippen molar-refractivity contribution in [3.8, 4) is 0 Å². The smallest absolute Gasteiger partial charge is 0.289 e. The monoisotopic (exact) mass is 396 g/mol. The molecular formula is C22H28N4O3. The van der Waals surface area contributed by atoms with Crippen molar-refractivity contribution in [2.75, 3.05) is 56.5 Å². The van der Waals surface area contributed by atoms with Crippen LogP contribution in [-0.4, -0.2) is 67.9 Å². The topological polar surface area (TPSA) is 69.0 Å². The number of likely N-dealkylation sites (N-methyl/N-ethyl adjacent to an activating group) is 1. The molecule has 0 atom stereocenters. The summed E-state index contributed by atoms with van der Waals surface area (Å²) in [6.45, 7) is 5.33. The van der Waals surface area contributed by atoms with Crippen LogP contribution in [0, 0.1) is 5.92 Å². The SMILES string of the molecule is CN1CCN(c2ccc(NC(=O)C3CCN(C(=O)c4ccco4)CC3)cc2)CC1. The second-order valence-corrected chi connectivity index (χ2v) is 7.87. The fourth-order valence-electron chi connectivity index (χ4n) is 3.97. The van der Waals surface area contributed by atoms with Gasteiger partial charge in [0.2, 0.25) is 5.91 Å².